The van der Waals surface area contributed by atoms with E-state index in [0.29, 0.717) is 6.04 Å². The van der Waals surface area contributed by atoms with Gasteiger partial charge in [0.25, 0.3) is 0 Å². The van der Waals surface area contributed by atoms with Crippen LogP contribution >= 0.6 is 0 Å². The third-order valence-electron chi connectivity index (χ3n) is 4.19. The Bertz CT molecular complexity index is 471. The lowest BCUT2D eigenvalue weighted by atomic mass is 9.91. The average molecular weight is 291 g/mol. The second-order valence-electron chi connectivity index (χ2n) is 7.24. The second kappa shape index (κ2) is 6.32. The van der Waals surface area contributed by atoms with E-state index >= 15 is 0 Å². The van der Waals surface area contributed by atoms with Gasteiger partial charge in [0.1, 0.15) is 5.82 Å². The third kappa shape index (κ3) is 3.95. The Morgan fingerprint density at radius 2 is 1.76 bits per heavy atom. The molecule has 1 aliphatic heterocycles. The topological polar surface area (TPSA) is 39.6 Å². The van der Waals surface area contributed by atoms with E-state index < -0.39 is 0 Å². The lowest BCUT2D eigenvalue weighted by Crippen LogP contribution is -2.49. The van der Waals surface area contributed by atoms with Crippen molar-refractivity contribution in [3.63, 3.8) is 0 Å². The van der Waals surface area contributed by atoms with Crippen molar-refractivity contribution >= 4 is 5.82 Å². The number of nitrogens with zero attached hydrogens (tertiary/aromatic N) is 3. The van der Waals surface area contributed by atoms with Gasteiger partial charge in [0.15, 0.2) is 0 Å². The first-order valence-electron chi connectivity index (χ1n) is 7.92. The number of aromatic nitrogens is 1. The van der Waals surface area contributed by atoms with Gasteiger partial charge in [-0.1, -0.05) is 20.8 Å². The molecule has 118 valence electrons. The van der Waals surface area contributed by atoms with Crippen LogP contribution in [0, 0.1) is 0 Å². The molecule has 0 spiro atoms. The van der Waals surface area contributed by atoms with Gasteiger partial charge < -0.3 is 10.0 Å². The Balaban J connectivity index is 2.20. The van der Waals surface area contributed by atoms with Crippen LogP contribution in [0.25, 0.3) is 0 Å². The van der Waals surface area contributed by atoms with Crippen LogP contribution in [0.15, 0.2) is 12.1 Å². The maximum absolute atomic E-state index is 9.51. The van der Waals surface area contributed by atoms with E-state index in [4.69, 9.17) is 4.98 Å². The fourth-order valence-corrected chi connectivity index (χ4v) is 2.68. The summed E-state index contributed by atoms with van der Waals surface area (Å²) in [7, 11) is 0. The van der Waals surface area contributed by atoms with Crippen LogP contribution in [0.3, 0.4) is 0 Å². The van der Waals surface area contributed by atoms with Gasteiger partial charge in [0, 0.05) is 43.3 Å². The first-order valence-corrected chi connectivity index (χ1v) is 7.92. The second-order valence-corrected chi connectivity index (χ2v) is 7.24. The van der Waals surface area contributed by atoms with Crippen LogP contribution in [-0.2, 0) is 12.0 Å². The Hall–Kier alpha value is -1.13. The van der Waals surface area contributed by atoms with E-state index in [1.54, 1.807) is 0 Å². The lowest BCUT2D eigenvalue weighted by Gasteiger charge is -2.38. The van der Waals surface area contributed by atoms with Gasteiger partial charge in [-0.3, -0.25) is 4.90 Å². The van der Waals surface area contributed by atoms with Crippen molar-refractivity contribution in [2.75, 3.05) is 31.1 Å². The molecule has 0 bridgehead atoms. The number of aliphatic hydroxyl groups is 1. The molecule has 0 atom stereocenters. The van der Waals surface area contributed by atoms with Crippen molar-refractivity contribution in [3.05, 3.63) is 23.4 Å². The first-order chi connectivity index (χ1) is 9.81. The Kier molecular flexibility index (Phi) is 4.89. The van der Waals surface area contributed by atoms with Crippen molar-refractivity contribution in [1.29, 1.82) is 0 Å². The van der Waals surface area contributed by atoms with E-state index in [1.165, 1.54) is 0 Å². The number of rotatable bonds is 3. The zero-order chi connectivity index (χ0) is 15.6. The molecular weight excluding hydrogens is 262 g/mol. The molecule has 1 aromatic heterocycles. The first kappa shape index (κ1) is 16.2. The fourth-order valence-electron chi connectivity index (χ4n) is 2.68. The minimum absolute atomic E-state index is 0.000313. The highest BCUT2D eigenvalue weighted by Gasteiger charge is 2.22. The van der Waals surface area contributed by atoms with Crippen molar-refractivity contribution in [1.82, 2.24) is 9.88 Å². The molecule has 2 heterocycles. The van der Waals surface area contributed by atoms with Crippen LogP contribution in [0.1, 0.15) is 45.9 Å². The van der Waals surface area contributed by atoms with Gasteiger partial charge in [-0.25, -0.2) is 4.98 Å². The van der Waals surface area contributed by atoms with E-state index in [-0.39, 0.29) is 12.0 Å². The number of pyridine rings is 1. The molecule has 0 aliphatic carbocycles. The number of piperazine rings is 1. The van der Waals surface area contributed by atoms with Crippen molar-refractivity contribution in [2.24, 2.45) is 0 Å². The molecule has 1 N–H and O–H groups in total. The van der Waals surface area contributed by atoms with Gasteiger partial charge in [-0.2, -0.15) is 0 Å². The zero-order valence-electron chi connectivity index (χ0n) is 14.1. The highest BCUT2D eigenvalue weighted by molar-refractivity contribution is 5.44. The quantitative estimate of drug-likeness (QED) is 0.928. The minimum atomic E-state index is -0.000313. The molecule has 1 saturated heterocycles. The van der Waals surface area contributed by atoms with E-state index in [0.717, 1.165) is 43.3 Å². The van der Waals surface area contributed by atoms with Crippen molar-refractivity contribution in [2.45, 2.75) is 52.7 Å². The number of anilines is 1. The molecule has 4 nitrogen and oxygen atoms in total. The summed E-state index contributed by atoms with van der Waals surface area (Å²) in [6.07, 6.45) is 0. The predicted octanol–water partition coefficient (Wildman–Crippen LogP) is 2.40. The fraction of sp³-hybridized carbons (Fsp3) is 0.706. The summed E-state index contributed by atoms with van der Waals surface area (Å²) in [5.74, 6) is 1.01. The molecule has 1 aromatic rings. The lowest BCUT2D eigenvalue weighted by molar-refractivity contribution is 0.209. The maximum Gasteiger partial charge on any atom is 0.129 e. The van der Waals surface area contributed by atoms with Gasteiger partial charge in [0.2, 0.25) is 0 Å². The Morgan fingerprint density at radius 1 is 1.14 bits per heavy atom. The highest BCUT2D eigenvalue weighted by atomic mass is 16.3. The van der Waals surface area contributed by atoms with E-state index in [9.17, 15) is 5.11 Å². The van der Waals surface area contributed by atoms with Gasteiger partial charge in [-0.05, 0) is 31.5 Å². The standard InChI is InChI=1S/C17H29N3O/c1-13(2)19-6-8-20(9-7-19)16-11-14(12-21)10-15(18-16)17(3,4)5/h10-11,13,21H,6-9,12H2,1-5H3. The van der Waals surface area contributed by atoms with E-state index in [2.05, 4.69) is 44.4 Å². The van der Waals surface area contributed by atoms with Crippen LogP contribution in [0.5, 0.6) is 0 Å². The molecule has 1 aliphatic rings. The molecule has 1 fully saturated rings. The molecule has 0 radical (unpaired) electrons. The Labute approximate surface area is 128 Å². The third-order valence-corrected chi connectivity index (χ3v) is 4.19. The summed E-state index contributed by atoms with van der Waals surface area (Å²) in [6.45, 7) is 15.2. The molecule has 0 saturated carbocycles. The predicted molar refractivity (Wildman–Crippen MR) is 87.8 cm³/mol. The van der Waals surface area contributed by atoms with Crippen molar-refractivity contribution < 1.29 is 5.11 Å². The minimum Gasteiger partial charge on any atom is -0.392 e. The number of hydrogen-bond acceptors (Lipinski definition) is 4. The summed E-state index contributed by atoms with van der Waals surface area (Å²) in [4.78, 5) is 9.68. The summed E-state index contributed by atoms with van der Waals surface area (Å²) >= 11 is 0. The number of aliphatic hydroxyl groups excluding tert-OH is 1. The summed E-state index contributed by atoms with van der Waals surface area (Å²) in [5.41, 5.74) is 2.01. The largest absolute Gasteiger partial charge is 0.392 e. The number of hydrogen-bond donors (Lipinski definition) is 1. The van der Waals surface area contributed by atoms with Crippen molar-refractivity contribution in [3.8, 4) is 0 Å². The zero-order valence-corrected chi connectivity index (χ0v) is 14.1. The van der Waals surface area contributed by atoms with Gasteiger partial charge >= 0.3 is 0 Å². The molecule has 2 rings (SSSR count). The molecule has 0 aromatic carbocycles. The molecule has 4 heteroatoms. The summed E-state index contributed by atoms with van der Waals surface area (Å²) in [5, 5.41) is 9.51. The molecule has 0 unspecified atom stereocenters. The monoisotopic (exact) mass is 291 g/mol. The molecule has 21 heavy (non-hydrogen) atoms. The molecule has 0 amide bonds. The van der Waals surface area contributed by atoms with Gasteiger partial charge in [-0.15, -0.1) is 0 Å². The van der Waals surface area contributed by atoms with E-state index in [1.807, 2.05) is 12.1 Å². The highest BCUT2D eigenvalue weighted by Crippen LogP contribution is 2.25. The summed E-state index contributed by atoms with van der Waals surface area (Å²) in [6, 6.07) is 4.66. The van der Waals surface area contributed by atoms with Crippen LogP contribution in [-0.4, -0.2) is 47.2 Å². The van der Waals surface area contributed by atoms with Gasteiger partial charge in [0.05, 0.1) is 6.61 Å². The summed E-state index contributed by atoms with van der Waals surface area (Å²) < 4.78 is 0. The van der Waals surface area contributed by atoms with Crippen LogP contribution < -0.4 is 4.90 Å². The smallest absolute Gasteiger partial charge is 0.129 e. The molecular formula is C17H29N3O. The average Bonchev–Trinajstić information content (AvgIpc) is 2.46. The SMILES string of the molecule is CC(C)N1CCN(c2cc(CO)cc(C(C)(C)C)n2)CC1. The van der Waals surface area contributed by atoms with Crippen LogP contribution in [0.2, 0.25) is 0 Å². The maximum atomic E-state index is 9.51. The normalized spacial score (nSPS) is 17.6. The van der Waals surface area contributed by atoms with Crippen LogP contribution in [0.4, 0.5) is 5.82 Å². The Morgan fingerprint density at radius 3 is 2.24 bits per heavy atom.